The second-order valence-corrected chi connectivity index (χ2v) is 7.30. The summed E-state index contributed by atoms with van der Waals surface area (Å²) in [6.45, 7) is 4.17. The summed E-state index contributed by atoms with van der Waals surface area (Å²) in [7, 11) is 2.09. The fourth-order valence-corrected chi connectivity index (χ4v) is 3.40. The van der Waals surface area contributed by atoms with E-state index in [1.54, 1.807) is 24.3 Å². The zero-order valence-electron chi connectivity index (χ0n) is 16.4. The maximum absolute atomic E-state index is 12.3. The zero-order chi connectivity index (χ0) is 20.2. The van der Waals surface area contributed by atoms with Crippen molar-refractivity contribution in [3.05, 3.63) is 65.0 Å². The Labute approximate surface area is 168 Å². The van der Waals surface area contributed by atoms with Gasteiger partial charge in [-0.15, -0.1) is 0 Å². The number of hydrogen-bond donors (Lipinski definition) is 2. The van der Waals surface area contributed by atoms with E-state index in [1.807, 2.05) is 24.3 Å². The summed E-state index contributed by atoms with van der Waals surface area (Å²) in [6, 6.07) is 16.1. The van der Waals surface area contributed by atoms with Gasteiger partial charge in [0.05, 0.1) is 12.1 Å². The molecule has 1 aromatic heterocycles. The molecule has 0 bridgehead atoms. The molecule has 0 saturated carbocycles. The molecule has 1 fully saturated rings. The molecule has 1 saturated heterocycles. The third-order valence-electron chi connectivity index (χ3n) is 5.04. The molecule has 0 atom stereocenters. The minimum atomic E-state index is -0.216. The number of nitrogens with zero attached hydrogens (tertiary/aromatic N) is 2. The third kappa shape index (κ3) is 4.82. The van der Waals surface area contributed by atoms with Gasteiger partial charge < -0.3 is 19.9 Å². The van der Waals surface area contributed by atoms with Crippen LogP contribution in [0.5, 0.6) is 11.5 Å². The third-order valence-corrected chi connectivity index (χ3v) is 5.04. The molecule has 7 heteroatoms. The van der Waals surface area contributed by atoms with E-state index in [9.17, 15) is 9.59 Å². The van der Waals surface area contributed by atoms with Crippen molar-refractivity contribution in [2.75, 3.05) is 45.1 Å². The summed E-state index contributed by atoms with van der Waals surface area (Å²) in [4.78, 5) is 31.4. The van der Waals surface area contributed by atoms with E-state index in [1.165, 1.54) is 6.07 Å². The lowest BCUT2D eigenvalue weighted by Crippen LogP contribution is -2.47. The molecule has 2 heterocycles. The number of piperazine rings is 1. The van der Waals surface area contributed by atoms with Gasteiger partial charge in [-0.25, -0.2) is 0 Å². The topological polar surface area (TPSA) is 77.7 Å². The van der Waals surface area contributed by atoms with Crippen LogP contribution in [-0.4, -0.2) is 60.5 Å². The van der Waals surface area contributed by atoms with Crippen LogP contribution in [0.1, 0.15) is 0 Å². The first-order valence-electron chi connectivity index (χ1n) is 9.67. The number of para-hydroxylation sites is 1. The van der Waals surface area contributed by atoms with Crippen LogP contribution in [0, 0.1) is 0 Å². The maximum Gasteiger partial charge on any atom is 0.252 e. The smallest absolute Gasteiger partial charge is 0.252 e. The van der Waals surface area contributed by atoms with E-state index in [4.69, 9.17) is 4.74 Å². The van der Waals surface area contributed by atoms with Gasteiger partial charge in [-0.05, 0) is 43.4 Å². The van der Waals surface area contributed by atoms with Crippen molar-refractivity contribution in [3.8, 4) is 11.5 Å². The number of pyridine rings is 1. The number of amides is 1. The SMILES string of the molecule is CN1CCN(CC(=O)Nc2ccc(Oc3cc(=O)[nH]c4ccccc34)cc2)CC1. The summed E-state index contributed by atoms with van der Waals surface area (Å²) in [6.07, 6.45) is 0. The van der Waals surface area contributed by atoms with Crippen LogP contribution in [0.15, 0.2) is 59.4 Å². The molecule has 29 heavy (non-hydrogen) atoms. The van der Waals surface area contributed by atoms with E-state index in [2.05, 4.69) is 27.1 Å². The Bertz CT molecular complexity index is 1050. The largest absolute Gasteiger partial charge is 0.456 e. The maximum atomic E-state index is 12.3. The van der Waals surface area contributed by atoms with E-state index in [-0.39, 0.29) is 11.5 Å². The standard InChI is InChI=1S/C22H24N4O3/c1-25-10-12-26(13-11-25)15-22(28)23-16-6-8-17(9-7-16)29-20-14-21(27)24-19-5-3-2-4-18(19)20/h2-9,14H,10-13,15H2,1H3,(H,23,28)(H,24,27). The van der Waals surface area contributed by atoms with Gasteiger partial charge in [0.25, 0.3) is 5.56 Å². The molecular formula is C22H24N4O3. The number of carbonyl (C=O) groups is 1. The second-order valence-electron chi connectivity index (χ2n) is 7.30. The predicted molar refractivity (Wildman–Crippen MR) is 114 cm³/mol. The minimum Gasteiger partial charge on any atom is -0.456 e. The van der Waals surface area contributed by atoms with Crippen molar-refractivity contribution >= 4 is 22.5 Å². The van der Waals surface area contributed by atoms with E-state index >= 15 is 0 Å². The minimum absolute atomic E-state index is 0.0243. The van der Waals surface area contributed by atoms with Gasteiger partial charge >= 0.3 is 0 Å². The molecule has 2 aromatic carbocycles. The van der Waals surface area contributed by atoms with E-state index < -0.39 is 0 Å². The predicted octanol–water partition coefficient (Wildman–Crippen LogP) is 2.51. The molecular weight excluding hydrogens is 368 g/mol. The lowest BCUT2D eigenvalue weighted by molar-refractivity contribution is -0.117. The lowest BCUT2D eigenvalue weighted by atomic mass is 10.2. The highest BCUT2D eigenvalue weighted by Gasteiger charge is 2.16. The van der Waals surface area contributed by atoms with Crippen molar-refractivity contribution < 1.29 is 9.53 Å². The number of benzene rings is 2. The Morgan fingerprint density at radius 1 is 1.07 bits per heavy atom. The molecule has 0 radical (unpaired) electrons. The number of ether oxygens (including phenoxy) is 1. The number of rotatable bonds is 5. The van der Waals surface area contributed by atoms with Crippen molar-refractivity contribution in [1.29, 1.82) is 0 Å². The first-order chi connectivity index (χ1) is 14.1. The Morgan fingerprint density at radius 3 is 2.55 bits per heavy atom. The van der Waals surface area contributed by atoms with Crippen molar-refractivity contribution in [3.63, 3.8) is 0 Å². The van der Waals surface area contributed by atoms with Crippen LogP contribution < -0.4 is 15.6 Å². The average Bonchev–Trinajstić information content (AvgIpc) is 2.71. The molecule has 0 unspecified atom stereocenters. The molecule has 1 amide bonds. The quantitative estimate of drug-likeness (QED) is 0.698. The summed E-state index contributed by atoms with van der Waals surface area (Å²) < 4.78 is 5.92. The number of anilines is 1. The second kappa shape index (κ2) is 8.46. The number of carbonyl (C=O) groups excluding carboxylic acids is 1. The van der Waals surface area contributed by atoms with E-state index in [0.29, 0.717) is 23.7 Å². The molecule has 1 aliphatic heterocycles. The van der Waals surface area contributed by atoms with Crippen LogP contribution in [0.2, 0.25) is 0 Å². The number of likely N-dealkylation sites (N-methyl/N-ethyl adjacent to an activating group) is 1. The van der Waals surface area contributed by atoms with Crippen molar-refractivity contribution in [2.45, 2.75) is 0 Å². The van der Waals surface area contributed by atoms with Crippen molar-refractivity contribution in [2.24, 2.45) is 0 Å². The average molecular weight is 392 g/mol. The number of hydrogen-bond acceptors (Lipinski definition) is 5. The first-order valence-corrected chi connectivity index (χ1v) is 9.67. The van der Waals surface area contributed by atoms with Crippen LogP contribution >= 0.6 is 0 Å². The first kappa shape index (κ1) is 19.2. The molecule has 150 valence electrons. The summed E-state index contributed by atoms with van der Waals surface area (Å²) in [5.74, 6) is 1.07. The van der Waals surface area contributed by atoms with E-state index in [0.717, 1.165) is 37.1 Å². The fourth-order valence-electron chi connectivity index (χ4n) is 3.40. The van der Waals surface area contributed by atoms with Crippen LogP contribution in [0.25, 0.3) is 10.9 Å². The van der Waals surface area contributed by atoms with Gasteiger partial charge in [-0.2, -0.15) is 0 Å². The molecule has 0 aliphatic carbocycles. The highest BCUT2D eigenvalue weighted by atomic mass is 16.5. The van der Waals surface area contributed by atoms with Gasteiger partial charge in [-0.1, -0.05) is 12.1 Å². The molecule has 1 aliphatic rings. The van der Waals surface area contributed by atoms with Gasteiger partial charge in [0.2, 0.25) is 5.91 Å². The number of aromatic amines is 1. The molecule has 7 nitrogen and oxygen atoms in total. The molecule has 0 spiro atoms. The highest BCUT2D eigenvalue weighted by Crippen LogP contribution is 2.28. The normalized spacial score (nSPS) is 15.3. The number of fused-ring (bicyclic) bond motifs is 1. The zero-order valence-corrected chi connectivity index (χ0v) is 16.4. The van der Waals surface area contributed by atoms with Crippen LogP contribution in [0.4, 0.5) is 5.69 Å². The Morgan fingerprint density at radius 2 is 1.79 bits per heavy atom. The monoisotopic (exact) mass is 392 g/mol. The molecule has 4 rings (SSSR count). The summed E-state index contributed by atoms with van der Waals surface area (Å²) in [5.41, 5.74) is 1.22. The lowest BCUT2D eigenvalue weighted by Gasteiger charge is -2.31. The Balaban J connectivity index is 1.40. The molecule has 2 N–H and O–H groups in total. The Kier molecular flexibility index (Phi) is 5.59. The number of H-pyrrole nitrogens is 1. The van der Waals surface area contributed by atoms with Crippen LogP contribution in [-0.2, 0) is 4.79 Å². The number of aromatic nitrogens is 1. The van der Waals surface area contributed by atoms with Crippen LogP contribution in [0.3, 0.4) is 0 Å². The fraction of sp³-hybridized carbons (Fsp3) is 0.273. The number of nitrogens with one attached hydrogen (secondary N) is 2. The van der Waals surface area contributed by atoms with Gasteiger partial charge in [0, 0.05) is 43.3 Å². The highest BCUT2D eigenvalue weighted by molar-refractivity contribution is 5.92. The Hall–Kier alpha value is -3.16. The van der Waals surface area contributed by atoms with Gasteiger partial charge in [-0.3, -0.25) is 14.5 Å². The summed E-state index contributed by atoms with van der Waals surface area (Å²) in [5, 5.41) is 3.76. The van der Waals surface area contributed by atoms with Gasteiger partial charge in [0.15, 0.2) is 0 Å². The summed E-state index contributed by atoms with van der Waals surface area (Å²) >= 11 is 0. The molecule has 3 aromatic rings. The van der Waals surface area contributed by atoms with Crippen molar-refractivity contribution in [1.82, 2.24) is 14.8 Å². The van der Waals surface area contributed by atoms with Gasteiger partial charge in [0.1, 0.15) is 11.5 Å².